The molecule has 0 aromatic heterocycles. The van der Waals surface area contributed by atoms with Crippen molar-refractivity contribution in [1.82, 2.24) is 0 Å². The van der Waals surface area contributed by atoms with Gasteiger partial charge < -0.3 is 15.5 Å². The van der Waals surface area contributed by atoms with Crippen LogP contribution in [0.2, 0.25) is 0 Å². The smallest absolute Gasteiger partial charge is 0.243 e. The average Bonchev–Trinajstić information content (AvgIpc) is 3.09. The molecule has 2 N–H and O–H groups in total. The number of benzene rings is 2. The Balaban J connectivity index is 1.52. The van der Waals surface area contributed by atoms with Crippen LogP contribution < -0.4 is 15.5 Å². The van der Waals surface area contributed by atoms with E-state index in [4.69, 9.17) is 0 Å². The van der Waals surface area contributed by atoms with Gasteiger partial charge in [0.25, 0.3) is 0 Å². The molecule has 0 spiro atoms. The summed E-state index contributed by atoms with van der Waals surface area (Å²) in [5, 5.41) is 6.11. The third kappa shape index (κ3) is 4.29. The highest BCUT2D eigenvalue weighted by Gasteiger charge is 2.12. The Morgan fingerprint density at radius 2 is 1.83 bits per heavy atom. The van der Waals surface area contributed by atoms with Crippen LogP contribution in [0.15, 0.2) is 46.9 Å². The molecule has 1 amide bonds. The second kappa shape index (κ2) is 7.71. The Morgan fingerprint density at radius 3 is 2.50 bits per heavy atom. The number of amides is 1. The zero-order valence-corrected chi connectivity index (χ0v) is 15.4. The lowest BCUT2D eigenvalue weighted by molar-refractivity contribution is -0.114. The monoisotopic (exact) mass is 387 g/mol. The largest absolute Gasteiger partial charge is 0.376 e. The summed E-state index contributed by atoms with van der Waals surface area (Å²) in [6, 6.07) is 14.0. The van der Waals surface area contributed by atoms with E-state index >= 15 is 0 Å². The zero-order chi connectivity index (χ0) is 16.9. The summed E-state index contributed by atoms with van der Waals surface area (Å²) < 4.78 is 1.04. The molecule has 1 aliphatic rings. The highest BCUT2D eigenvalue weighted by atomic mass is 79.9. The third-order valence-corrected chi connectivity index (χ3v) is 4.74. The van der Waals surface area contributed by atoms with Crippen molar-refractivity contribution < 1.29 is 4.79 Å². The number of carbonyl (C=O) groups is 1. The summed E-state index contributed by atoms with van der Waals surface area (Å²) in [5.41, 5.74) is 4.14. The van der Waals surface area contributed by atoms with Crippen LogP contribution in [0, 0.1) is 6.92 Å². The van der Waals surface area contributed by atoms with Gasteiger partial charge in [0.2, 0.25) is 5.91 Å². The molecule has 4 nitrogen and oxygen atoms in total. The number of nitrogens with zero attached hydrogens (tertiary/aromatic N) is 1. The lowest BCUT2D eigenvalue weighted by Crippen LogP contribution is -2.22. The lowest BCUT2D eigenvalue weighted by atomic mass is 10.2. The normalized spacial score (nSPS) is 13.8. The molecule has 0 atom stereocenters. The quantitative estimate of drug-likeness (QED) is 0.798. The summed E-state index contributed by atoms with van der Waals surface area (Å²) >= 11 is 3.44. The summed E-state index contributed by atoms with van der Waals surface area (Å²) in [6.07, 6.45) is 2.53. The van der Waals surface area contributed by atoms with Gasteiger partial charge in [-0.2, -0.15) is 0 Å². The molecule has 2 aromatic rings. The summed E-state index contributed by atoms with van der Waals surface area (Å²) in [4.78, 5) is 14.5. The first kappa shape index (κ1) is 16.8. The molecule has 1 aliphatic heterocycles. The van der Waals surface area contributed by atoms with Crippen molar-refractivity contribution >= 4 is 38.9 Å². The second-order valence-corrected chi connectivity index (χ2v) is 7.02. The van der Waals surface area contributed by atoms with Crippen molar-refractivity contribution in [3.8, 4) is 0 Å². The van der Waals surface area contributed by atoms with E-state index in [0.717, 1.165) is 34.5 Å². The van der Waals surface area contributed by atoms with E-state index < -0.39 is 0 Å². The first-order valence-electron chi connectivity index (χ1n) is 8.27. The first-order valence-corrected chi connectivity index (χ1v) is 9.06. The summed E-state index contributed by atoms with van der Waals surface area (Å²) in [7, 11) is 0. The molecule has 2 aromatic carbocycles. The molecule has 126 valence electrons. The van der Waals surface area contributed by atoms with Crippen molar-refractivity contribution in [3.05, 3.63) is 52.5 Å². The van der Waals surface area contributed by atoms with E-state index in [-0.39, 0.29) is 12.5 Å². The minimum Gasteiger partial charge on any atom is -0.376 e. The Hall–Kier alpha value is -2.01. The standard InChI is InChI=1S/C19H22BrN3O/c1-14-12-15(20)4-9-18(14)21-13-19(24)22-16-5-7-17(8-6-16)23-10-2-3-11-23/h4-9,12,21H,2-3,10-11,13H2,1H3,(H,22,24). The predicted octanol–water partition coefficient (Wildman–Crippen LogP) is 4.41. The minimum atomic E-state index is -0.0498. The van der Waals surface area contributed by atoms with Gasteiger partial charge in [0.1, 0.15) is 0 Å². The van der Waals surface area contributed by atoms with Gasteiger partial charge in [0, 0.05) is 34.6 Å². The van der Waals surface area contributed by atoms with Gasteiger partial charge >= 0.3 is 0 Å². The summed E-state index contributed by atoms with van der Waals surface area (Å²) in [5.74, 6) is -0.0498. The van der Waals surface area contributed by atoms with E-state index in [9.17, 15) is 4.79 Å². The third-order valence-electron chi connectivity index (χ3n) is 4.25. The molecule has 5 heteroatoms. The van der Waals surface area contributed by atoms with Gasteiger partial charge in [-0.25, -0.2) is 0 Å². The second-order valence-electron chi connectivity index (χ2n) is 6.10. The van der Waals surface area contributed by atoms with Gasteiger partial charge in [-0.15, -0.1) is 0 Å². The van der Waals surface area contributed by atoms with E-state index in [1.807, 2.05) is 37.3 Å². The van der Waals surface area contributed by atoms with Crippen LogP contribution in [0.4, 0.5) is 17.1 Å². The molecule has 0 aliphatic carbocycles. The number of rotatable bonds is 5. The van der Waals surface area contributed by atoms with Crippen molar-refractivity contribution in [3.63, 3.8) is 0 Å². The summed E-state index contributed by atoms with van der Waals surface area (Å²) in [6.45, 7) is 4.52. The first-order chi connectivity index (χ1) is 11.6. The molecule has 24 heavy (non-hydrogen) atoms. The van der Waals surface area contributed by atoms with Crippen LogP contribution in [0.25, 0.3) is 0 Å². The van der Waals surface area contributed by atoms with E-state index in [0.29, 0.717) is 0 Å². The Kier molecular flexibility index (Phi) is 5.41. The average molecular weight is 388 g/mol. The lowest BCUT2D eigenvalue weighted by Gasteiger charge is -2.18. The maximum absolute atomic E-state index is 12.1. The maximum atomic E-state index is 12.1. The maximum Gasteiger partial charge on any atom is 0.243 e. The Bertz CT molecular complexity index is 709. The molecule has 1 fully saturated rings. The minimum absolute atomic E-state index is 0.0498. The van der Waals surface area contributed by atoms with Crippen molar-refractivity contribution in [2.24, 2.45) is 0 Å². The van der Waals surface area contributed by atoms with Gasteiger partial charge in [-0.1, -0.05) is 15.9 Å². The van der Waals surface area contributed by atoms with E-state index in [2.05, 4.69) is 43.6 Å². The molecule has 0 unspecified atom stereocenters. The van der Waals surface area contributed by atoms with Crippen molar-refractivity contribution in [2.45, 2.75) is 19.8 Å². The SMILES string of the molecule is Cc1cc(Br)ccc1NCC(=O)Nc1ccc(N2CCCC2)cc1. The highest BCUT2D eigenvalue weighted by molar-refractivity contribution is 9.10. The molecular weight excluding hydrogens is 366 g/mol. The van der Waals surface area contributed by atoms with E-state index in [1.54, 1.807) is 0 Å². The molecular formula is C19H22BrN3O. The number of carbonyl (C=O) groups excluding carboxylic acids is 1. The molecule has 0 bridgehead atoms. The Morgan fingerprint density at radius 1 is 1.12 bits per heavy atom. The number of hydrogen-bond donors (Lipinski definition) is 2. The number of halogens is 1. The molecule has 0 radical (unpaired) electrons. The number of nitrogens with one attached hydrogen (secondary N) is 2. The number of anilines is 3. The molecule has 1 saturated heterocycles. The zero-order valence-electron chi connectivity index (χ0n) is 13.8. The fourth-order valence-corrected chi connectivity index (χ4v) is 3.41. The van der Waals surface area contributed by atoms with Gasteiger partial charge in [0.15, 0.2) is 0 Å². The van der Waals surface area contributed by atoms with Gasteiger partial charge in [-0.05, 0) is 67.8 Å². The van der Waals surface area contributed by atoms with Crippen molar-refractivity contribution in [2.75, 3.05) is 35.2 Å². The topological polar surface area (TPSA) is 44.4 Å². The van der Waals surface area contributed by atoms with Crippen LogP contribution in [-0.4, -0.2) is 25.5 Å². The van der Waals surface area contributed by atoms with Gasteiger partial charge in [0.05, 0.1) is 6.54 Å². The number of aryl methyl sites for hydroxylation is 1. The number of hydrogen-bond acceptors (Lipinski definition) is 3. The van der Waals surface area contributed by atoms with Gasteiger partial charge in [-0.3, -0.25) is 4.79 Å². The molecule has 0 saturated carbocycles. The van der Waals surface area contributed by atoms with E-state index in [1.165, 1.54) is 18.5 Å². The molecule has 3 rings (SSSR count). The fraction of sp³-hybridized carbons (Fsp3) is 0.316. The molecule has 1 heterocycles. The highest BCUT2D eigenvalue weighted by Crippen LogP contribution is 2.22. The predicted molar refractivity (Wildman–Crippen MR) is 104 cm³/mol. The van der Waals surface area contributed by atoms with Crippen LogP contribution in [-0.2, 0) is 4.79 Å². The van der Waals surface area contributed by atoms with Crippen molar-refractivity contribution in [1.29, 1.82) is 0 Å². The van der Waals surface area contributed by atoms with Crippen LogP contribution in [0.1, 0.15) is 18.4 Å². The fourth-order valence-electron chi connectivity index (χ4n) is 2.94. The van der Waals surface area contributed by atoms with Crippen LogP contribution in [0.3, 0.4) is 0 Å². The van der Waals surface area contributed by atoms with Crippen LogP contribution in [0.5, 0.6) is 0 Å². The Labute approximate surface area is 151 Å². The van der Waals surface area contributed by atoms with Crippen LogP contribution >= 0.6 is 15.9 Å².